The van der Waals surface area contributed by atoms with E-state index in [9.17, 15) is 0 Å². The van der Waals surface area contributed by atoms with Gasteiger partial charge in [-0.25, -0.2) is 4.98 Å². The average Bonchev–Trinajstić information content (AvgIpc) is 2.41. The molecule has 2 aromatic rings. The highest BCUT2D eigenvalue weighted by Gasteiger charge is 2.20. The molecular formula is C16H19BrN2. The van der Waals surface area contributed by atoms with Gasteiger partial charge in [0.05, 0.1) is 4.47 Å². The Hall–Kier alpha value is -1.35. The first-order valence-electron chi connectivity index (χ1n) is 6.41. The lowest BCUT2D eigenvalue weighted by atomic mass is 9.84. The van der Waals surface area contributed by atoms with Gasteiger partial charge in [0.15, 0.2) is 0 Å². The van der Waals surface area contributed by atoms with Crippen molar-refractivity contribution < 1.29 is 0 Å². The zero-order chi connectivity index (χ0) is 13.9. The van der Waals surface area contributed by atoms with Crippen LogP contribution in [0.3, 0.4) is 0 Å². The van der Waals surface area contributed by atoms with Crippen LogP contribution in [0.1, 0.15) is 25.0 Å². The normalized spacial score (nSPS) is 11.4. The van der Waals surface area contributed by atoms with Gasteiger partial charge in [-0.15, -0.1) is 0 Å². The van der Waals surface area contributed by atoms with Gasteiger partial charge in [0.1, 0.15) is 5.82 Å². The van der Waals surface area contributed by atoms with E-state index in [-0.39, 0.29) is 5.41 Å². The quantitative estimate of drug-likeness (QED) is 0.895. The molecule has 0 bridgehead atoms. The largest absolute Gasteiger partial charge is 0.368 e. The molecule has 2 nitrogen and oxygen atoms in total. The summed E-state index contributed by atoms with van der Waals surface area (Å²) < 4.78 is 1.04. The van der Waals surface area contributed by atoms with Crippen molar-refractivity contribution >= 4 is 21.7 Å². The summed E-state index contributed by atoms with van der Waals surface area (Å²) in [7, 11) is 0. The van der Waals surface area contributed by atoms with Crippen LogP contribution in [-0.2, 0) is 5.41 Å². The van der Waals surface area contributed by atoms with Gasteiger partial charge >= 0.3 is 0 Å². The van der Waals surface area contributed by atoms with Crippen LogP contribution in [-0.4, -0.2) is 11.5 Å². The predicted octanol–water partition coefficient (Wildman–Crippen LogP) is 4.54. The molecule has 19 heavy (non-hydrogen) atoms. The molecule has 0 fully saturated rings. The van der Waals surface area contributed by atoms with Crippen molar-refractivity contribution in [3.63, 3.8) is 0 Å². The molecule has 1 aromatic heterocycles. The Balaban J connectivity index is 2.12. The summed E-state index contributed by atoms with van der Waals surface area (Å²) in [5, 5.41) is 3.43. The second kappa shape index (κ2) is 5.74. The highest BCUT2D eigenvalue weighted by Crippen LogP contribution is 2.27. The van der Waals surface area contributed by atoms with E-state index in [2.05, 4.69) is 71.3 Å². The number of benzene rings is 1. The lowest BCUT2D eigenvalue weighted by molar-refractivity contribution is 0.556. The molecule has 0 aliphatic carbocycles. The van der Waals surface area contributed by atoms with Crippen LogP contribution in [0.4, 0.5) is 5.82 Å². The van der Waals surface area contributed by atoms with Crippen molar-refractivity contribution in [2.24, 2.45) is 0 Å². The molecule has 0 atom stereocenters. The molecule has 0 aliphatic heterocycles. The van der Waals surface area contributed by atoms with Crippen molar-refractivity contribution in [3.8, 4) is 0 Å². The number of aryl methyl sites for hydroxylation is 1. The Labute approximate surface area is 123 Å². The zero-order valence-electron chi connectivity index (χ0n) is 11.6. The Morgan fingerprint density at radius 1 is 1.16 bits per heavy atom. The van der Waals surface area contributed by atoms with E-state index < -0.39 is 0 Å². The molecule has 0 saturated carbocycles. The Morgan fingerprint density at radius 2 is 1.84 bits per heavy atom. The van der Waals surface area contributed by atoms with Gasteiger partial charge in [-0.05, 0) is 40.0 Å². The van der Waals surface area contributed by atoms with Crippen LogP contribution in [0.15, 0.2) is 47.1 Å². The molecule has 1 aromatic carbocycles. The fourth-order valence-corrected chi connectivity index (χ4v) is 2.33. The minimum atomic E-state index is 0.0616. The smallest absolute Gasteiger partial charge is 0.140 e. The van der Waals surface area contributed by atoms with Gasteiger partial charge in [-0.1, -0.05) is 44.2 Å². The number of nitrogens with one attached hydrogen (secondary N) is 1. The summed E-state index contributed by atoms with van der Waals surface area (Å²) >= 11 is 3.58. The Kier molecular flexibility index (Phi) is 4.25. The fraction of sp³-hybridized carbons (Fsp3) is 0.312. The van der Waals surface area contributed by atoms with Crippen LogP contribution < -0.4 is 5.32 Å². The molecule has 1 heterocycles. The molecule has 3 heteroatoms. The summed E-state index contributed by atoms with van der Waals surface area (Å²) in [6.07, 6.45) is 1.83. The SMILES string of the molecule is Cc1ccnc(NCC(C)(C)c2ccccc2)c1Br. The maximum Gasteiger partial charge on any atom is 0.140 e. The summed E-state index contributed by atoms with van der Waals surface area (Å²) in [5.74, 6) is 0.906. The summed E-state index contributed by atoms with van der Waals surface area (Å²) in [4.78, 5) is 4.38. The van der Waals surface area contributed by atoms with Crippen molar-refractivity contribution in [2.75, 3.05) is 11.9 Å². The first-order chi connectivity index (χ1) is 9.00. The maximum absolute atomic E-state index is 4.38. The van der Waals surface area contributed by atoms with Gasteiger partial charge in [0.25, 0.3) is 0 Å². The number of rotatable bonds is 4. The van der Waals surface area contributed by atoms with Gasteiger partial charge in [-0.3, -0.25) is 0 Å². The number of halogens is 1. The fourth-order valence-electron chi connectivity index (χ4n) is 1.96. The second-order valence-electron chi connectivity index (χ2n) is 5.39. The lowest BCUT2D eigenvalue weighted by Gasteiger charge is -2.26. The van der Waals surface area contributed by atoms with E-state index >= 15 is 0 Å². The second-order valence-corrected chi connectivity index (χ2v) is 6.19. The highest BCUT2D eigenvalue weighted by atomic mass is 79.9. The maximum atomic E-state index is 4.38. The van der Waals surface area contributed by atoms with E-state index in [1.54, 1.807) is 0 Å². The van der Waals surface area contributed by atoms with Crippen LogP contribution in [0.25, 0.3) is 0 Å². The lowest BCUT2D eigenvalue weighted by Crippen LogP contribution is -2.28. The molecule has 0 aliphatic rings. The molecule has 0 radical (unpaired) electrons. The highest BCUT2D eigenvalue weighted by molar-refractivity contribution is 9.10. The molecule has 0 spiro atoms. The number of aromatic nitrogens is 1. The van der Waals surface area contributed by atoms with Crippen LogP contribution in [0.5, 0.6) is 0 Å². The molecule has 1 N–H and O–H groups in total. The number of hydrogen-bond donors (Lipinski definition) is 1. The summed E-state index contributed by atoms with van der Waals surface area (Å²) in [6, 6.07) is 12.5. The number of pyridine rings is 1. The Morgan fingerprint density at radius 3 is 2.53 bits per heavy atom. The van der Waals surface area contributed by atoms with E-state index in [4.69, 9.17) is 0 Å². The average molecular weight is 319 g/mol. The zero-order valence-corrected chi connectivity index (χ0v) is 13.2. The third-order valence-electron chi connectivity index (χ3n) is 3.34. The molecular weight excluding hydrogens is 300 g/mol. The first kappa shape index (κ1) is 14.1. The molecule has 0 unspecified atom stereocenters. The van der Waals surface area contributed by atoms with E-state index in [0.29, 0.717) is 0 Å². The minimum absolute atomic E-state index is 0.0616. The number of hydrogen-bond acceptors (Lipinski definition) is 2. The number of nitrogens with zero attached hydrogens (tertiary/aromatic N) is 1. The third-order valence-corrected chi connectivity index (χ3v) is 4.34. The standard InChI is InChI=1S/C16H19BrN2/c1-12-9-10-18-15(14(12)17)19-11-16(2,3)13-7-5-4-6-8-13/h4-10H,11H2,1-3H3,(H,18,19). The van der Waals surface area contributed by atoms with Crippen molar-refractivity contribution in [1.29, 1.82) is 0 Å². The van der Waals surface area contributed by atoms with Gasteiger partial charge in [-0.2, -0.15) is 0 Å². The summed E-state index contributed by atoms with van der Waals surface area (Å²) in [6.45, 7) is 7.38. The van der Waals surface area contributed by atoms with Gasteiger partial charge in [0, 0.05) is 18.2 Å². The summed E-state index contributed by atoms with van der Waals surface area (Å²) in [5.41, 5.74) is 2.58. The van der Waals surface area contributed by atoms with Crippen molar-refractivity contribution in [3.05, 3.63) is 58.2 Å². The van der Waals surface area contributed by atoms with Gasteiger partial charge in [0.2, 0.25) is 0 Å². The van der Waals surface area contributed by atoms with Crippen LogP contribution >= 0.6 is 15.9 Å². The van der Waals surface area contributed by atoms with E-state index in [1.807, 2.05) is 18.3 Å². The molecule has 0 saturated heterocycles. The minimum Gasteiger partial charge on any atom is -0.368 e. The topological polar surface area (TPSA) is 24.9 Å². The van der Waals surface area contributed by atoms with Crippen molar-refractivity contribution in [2.45, 2.75) is 26.2 Å². The predicted molar refractivity (Wildman–Crippen MR) is 84.6 cm³/mol. The van der Waals surface area contributed by atoms with E-state index in [0.717, 1.165) is 16.8 Å². The molecule has 2 rings (SSSR count). The Bertz CT molecular complexity index is 550. The van der Waals surface area contributed by atoms with E-state index in [1.165, 1.54) is 11.1 Å². The monoisotopic (exact) mass is 318 g/mol. The van der Waals surface area contributed by atoms with Crippen molar-refractivity contribution in [1.82, 2.24) is 4.98 Å². The first-order valence-corrected chi connectivity index (χ1v) is 7.20. The number of anilines is 1. The van der Waals surface area contributed by atoms with Crippen LogP contribution in [0, 0.1) is 6.92 Å². The third kappa shape index (κ3) is 3.35. The van der Waals surface area contributed by atoms with Gasteiger partial charge < -0.3 is 5.32 Å². The van der Waals surface area contributed by atoms with Crippen LogP contribution in [0.2, 0.25) is 0 Å². The molecule has 100 valence electrons. The molecule has 0 amide bonds.